The van der Waals surface area contributed by atoms with Gasteiger partial charge in [-0.25, -0.2) is 10.1 Å². The van der Waals surface area contributed by atoms with Crippen molar-refractivity contribution in [3.63, 3.8) is 0 Å². The van der Waals surface area contributed by atoms with Crippen molar-refractivity contribution in [2.75, 3.05) is 18.8 Å². The number of hydrazone groups is 1. The number of nitrogens with one attached hydrogen (secondary N) is 1. The molecule has 3 aromatic rings. The lowest BCUT2D eigenvalue weighted by atomic mass is 10.1. The van der Waals surface area contributed by atoms with E-state index in [1.54, 1.807) is 12.1 Å². The molecule has 0 unspecified atom stereocenters. The average Bonchev–Trinajstić information content (AvgIpc) is 3.40. The molecule has 1 aliphatic heterocycles. The van der Waals surface area contributed by atoms with Crippen molar-refractivity contribution >= 4 is 23.6 Å². The van der Waals surface area contributed by atoms with Crippen molar-refractivity contribution in [1.82, 2.24) is 35.6 Å². The number of amides is 1. The number of carbonyl (C=O) groups excluding carboxylic acids is 1. The van der Waals surface area contributed by atoms with Gasteiger partial charge in [-0.05, 0) is 42.3 Å². The van der Waals surface area contributed by atoms with Gasteiger partial charge in [0, 0.05) is 12.6 Å². The van der Waals surface area contributed by atoms with Crippen LogP contribution in [0.1, 0.15) is 41.0 Å². The zero-order chi connectivity index (χ0) is 22.5. The van der Waals surface area contributed by atoms with Gasteiger partial charge in [0.2, 0.25) is 11.6 Å². The normalized spacial score (nSPS) is 14.6. The quantitative estimate of drug-likeness (QED) is 0.304. The number of nitro benzene ring substituents is 1. The van der Waals surface area contributed by atoms with E-state index in [9.17, 15) is 14.9 Å². The van der Waals surface area contributed by atoms with Crippen LogP contribution in [-0.2, 0) is 6.54 Å². The van der Waals surface area contributed by atoms with Gasteiger partial charge in [0.1, 0.15) is 5.69 Å². The third-order valence-corrected chi connectivity index (χ3v) is 4.98. The Kier molecular flexibility index (Phi) is 6.12. The molecule has 14 heteroatoms. The van der Waals surface area contributed by atoms with Crippen molar-refractivity contribution in [2.24, 2.45) is 5.10 Å². The standard InChI is InChI=1S/C18H20N10O4/c19-16-17(24-32-23-16)27-15(13(21-25-27)11-26-8-4-1-5-9-26)18(29)22-20-10-12-6-2-3-7-14(12)28(30)31/h2-3,6-7,10H,1,4-5,8-9,11H2,(H2,19,23)(H,22,29). The van der Waals surface area contributed by atoms with Crippen LogP contribution in [0.25, 0.3) is 5.82 Å². The van der Waals surface area contributed by atoms with Crippen molar-refractivity contribution < 1.29 is 14.3 Å². The van der Waals surface area contributed by atoms with E-state index in [4.69, 9.17) is 5.73 Å². The lowest BCUT2D eigenvalue weighted by Crippen LogP contribution is -2.31. The monoisotopic (exact) mass is 440 g/mol. The maximum absolute atomic E-state index is 13.0. The first kappa shape index (κ1) is 21.0. The zero-order valence-electron chi connectivity index (χ0n) is 16.9. The van der Waals surface area contributed by atoms with E-state index in [-0.39, 0.29) is 28.6 Å². The minimum absolute atomic E-state index is 0.0234. The SMILES string of the molecule is Nc1nonc1-n1nnc(CN2CCCCC2)c1C(=O)NN=Cc1ccccc1[N+](=O)[O-]. The highest BCUT2D eigenvalue weighted by Gasteiger charge is 2.26. The van der Waals surface area contributed by atoms with E-state index in [0.29, 0.717) is 12.2 Å². The number of rotatable bonds is 7. The molecule has 0 saturated carbocycles. The highest BCUT2D eigenvalue weighted by Crippen LogP contribution is 2.19. The van der Waals surface area contributed by atoms with Gasteiger partial charge in [0.25, 0.3) is 11.6 Å². The van der Waals surface area contributed by atoms with Crippen LogP contribution in [0.2, 0.25) is 0 Å². The Bertz CT molecular complexity index is 1150. The van der Waals surface area contributed by atoms with Crippen LogP contribution in [0, 0.1) is 10.1 Å². The fourth-order valence-corrected chi connectivity index (χ4v) is 3.44. The first-order chi connectivity index (χ1) is 15.5. The smallest absolute Gasteiger partial charge is 0.292 e. The predicted molar refractivity (Wildman–Crippen MR) is 111 cm³/mol. The molecule has 32 heavy (non-hydrogen) atoms. The Balaban J connectivity index is 1.60. The van der Waals surface area contributed by atoms with Gasteiger partial charge < -0.3 is 5.73 Å². The van der Waals surface area contributed by atoms with Crippen molar-refractivity contribution in [3.05, 3.63) is 51.3 Å². The number of hydrogen-bond acceptors (Lipinski definition) is 11. The third kappa shape index (κ3) is 4.44. The number of nitro groups is 1. The lowest BCUT2D eigenvalue weighted by molar-refractivity contribution is -0.385. The van der Waals surface area contributed by atoms with Crippen LogP contribution in [-0.4, -0.2) is 60.3 Å². The summed E-state index contributed by atoms with van der Waals surface area (Å²) in [5.41, 5.74) is 8.71. The van der Waals surface area contributed by atoms with E-state index in [1.165, 1.54) is 18.3 Å². The van der Waals surface area contributed by atoms with Crippen LogP contribution in [0.15, 0.2) is 34.0 Å². The summed E-state index contributed by atoms with van der Waals surface area (Å²) >= 11 is 0. The fraction of sp³-hybridized carbons (Fsp3) is 0.333. The number of piperidine rings is 1. The highest BCUT2D eigenvalue weighted by molar-refractivity contribution is 5.95. The topological polar surface area (TPSA) is 183 Å². The van der Waals surface area contributed by atoms with E-state index in [0.717, 1.165) is 37.0 Å². The van der Waals surface area contributed by atoms with Gasteiger partial charge in [0.05, 0.1) is 16.7 Å². The highest BCUT2D eigenvalue weighted by atomic mass is 16.6. The number of nitrogens with zero attached hydrogens (tertiary/aromatic N) is 8. The van der Waals surface area contributed by atoms with Crippen LogP contribution in [0.3, 0.4) is 0 Å². The molecule has 1 saturated heterocycles. The summed E-state index contributed by atoms with van der Waals surface area (Å²) in [6, 6.07) is 6.04. The largest absolute Gasteiger partial charge is 0.378 e. The second-order valence-corrected chi connectivity index (χ2v) is 7.12. The molecule has 0 aliphatic carbocycles. The maximum Gasteiger partial charge on any atom is 0.292 e. The van der Waals surface area contributed by atoms with Gasteiger partial charge >= 0.3 is 0 Å². The Morgan fingerprint density at radius 3 is 2.78 bits per heavy atom. The van der Waals surface area contributed by atoms with E-state index < -0.39 is 10.8 Å². The second kappa shape index (κ2) is 9.30. The molecule has 1 aromatic carbocycles. The number of para-hydroxylation sites is 1. The van der Waals surface area contributed by atoms with Crippen molar-refractivity contribution in [2.45, 2.75) is 25.8 Å². The van der Waals surface area contributed by atoms with E-state index >= 15 is 0 Å². The van der Waals surface area contributed by atoms with Crippen LogP contribution in [0.4, 0.5) is 11.5 Å². The van der Waals surface area contributed by atoms with Gasteiger partial charge in [-0.3, -0.25) is 19.8 Å². The molecule has 4 rings (SSSR count). The number of benzene rings is 1. The van der Waals surface area contributed by atoms with E-state index in [2.05, 4.69) is 40.7 Å². The molecule has 3 heterocycles. The Labute approximate surface area is 181 Å². The summed E-state index contributed by atoms with van der Waals surface area (Å²) < 4.78 is 5.76. The Hall–Kier alpha value is -4.20. The molecule has 1 fully saturated rings. The number of anilines is 1. The second-order valence-electron chi connectivity index (χ2n) is 7.12. The molecule has 3 N–H and O–H groups in total. The minimum Gasteiger partial charge on any atom is -0.378 e. The first-order valence-electron chi connectivity index (χ1n) is 9.86. The number of aromatic nitrogens is 5. The molecule has 0 radical (unpaired) electrons. The summed E-state index contributed by atoms with van der Waals surface area (Å²) in [5, 5.41) is 30.4. The molecule has 0 spiro atoms. The third-order valence-electron chi connectivity index (χ3n) is 4.98. The van der Waals surface area contributed by atoms with E-state index in [1.807, 2.05) is 0 Å². The summed E-state index contributed by atoms with van der Waals surface area (Å²) in [4.78, 5) is 25.8. The summed E-state index contributed by atoms with van der Waals surface area (Å²) in [6.45, 7) is 2.18. The minimum atomic E-state index is -0.640. The Morgan fingerprint density at radius 1 is 1.28 bits per heavy atom. The van der Waals surface area contributed by atoms with Crippen molar-refractivity contribution in [3.8, 4) is 5.82 Å². The molecular formula is C18H20N10O4. The first-order valence-corrected chi connectivity index (χ1v) is 9.86. The fourth-order valence-electron chi connectivity index (χ4n) is 3.44. The average molecular weight is 440 g/mol. The Morgan fingerprint density at radius 2 is 2.06 bits per heavy atom. The van der Waals surface area contributed by atoms with Crippen LogP contribution < -0.4 is 11.2 Å². The molecule has 14 nitrogen and oxygen atoms in total. The number of carbonyl (C=O) groups is 1. The van der Waals surface area contributed by atoms with Gasteiger partial charge in [-0.15, -0.1) is 5.10 Å². The van der Waals surface area contributed by atoms with Gasteiger partial charge in [0.15, 0.2) is 5.69 Å². The lowest BCUT2D eigenvalue weighted by Gasteiger charge is -2.25. The number of likely N-dealkylation sites (tertiary alicyclic amines) is 1. The molecule has 166 valence electrons. The summed E-state index contributed by atoms with van der Waals surface area (Å²) in [7, 11) is 0. The maximum atomic E-state index is 13.0. The number of nitrogens with two attached hydrogens (primary N) is 1. The van der Waals surface area contributed by atoms with Gasteiger partial charge in [-0.2, -0.15) is 9.78 Å². The molecule has 0 bridgehead atoms. The van der Waals surface area contributed by atoms with Crippen LogP contribution >= 0.6 is 0 Å². The number of hydrogen-bond donors (Lipinski definition) is 2. The number of nitrogen functional groups attached to an aromatic ring is 1. The molecule has 1 amide bonds. The molecule has 1 aliphatic rings. The summed E-state index contributed by atoms with van der Waals surface area (Å²) in [5.74, 6) is -0.675. The van der Waals surface area contributed by atoms with Gasteiger partial charge in [-0.1, -0.05) is 23.8 Å². The molecule has 2 aromatic heterocycles. The predicted octanol–water partition coefficient (Wildman–Crippen LogP) is 0.891. The summed E-state index contributed by atoms with van der Waals surface area (Å²) in [6.07, 6.45) is 4.49. The molecular weight excluding hydrogens is 420 g/mol. The van der Waals surface area contributed by atoms with Crippen molar-refractivity contribution in [1.29, 1.82) is 0 Å². The zero-order valence-corrected chi connectivity index (χ0v) is 16.9. The molecule has 0 atom stereocenters. The van der Waals surface area contributed by atoms with Crippen LogP contribution in [0.5, 0.6) is 0 Å².